The molecule has 0 aliphatic carbocycles. The van der Waals surface area contributed by atoms with Crippen LogP contribution in [-0.2, 0) is 11.2 Å². The van der Waals surface area contributed by atoms with Crippen molar-refractivity contribution in [1.82, 2.24) is 30.1 Å². The van der Waals surface area contributed by atoms with Crippen LogP contribution in [0.3, 0.4) is 0 Å². The van der Waals surface area contributed by atoms with Gasteiger partial charge in [0.15, 0.2) is 11.5 Å². The smallest absolute Gasteiger partial charge is 0.475 e. The number of hydrogen-bond donors (Lipinski definition) is 3. The summed E-state index contributed by atoms with van der Waals surface area (Å²) in [5, 5.41) is 18.4. The van der Waals surface area contributed by atoms with E-state index in [0.29, 0.717) is 41.1 Å². The van der Waals surface area contributed by atoms with E-state index in [0.717, 1.165) is 6.07 Å². The van der Waals surface area contributed by atoms with Gasteiger partial charge in [0.1, 0.15) is 34.8 Å². The summed E-state index contributed by atoms with van der Waals surface area (Å²) in [5.74, 6) is -4.17. The van der Waals surface area contributed by atoms with Gasteiger partial charge in [-0.1, -0.05) is 0 Å². The Kier molecular flexibility index (Phi) is 7.36. The molecule has 3 N–H and O–H groups in total. The number of carboxylic acids is 1. The average Bonchev–Trinajstić information content (AvgIpc) is 3.33. The van der Waals surface area contributed by atoms with Crippen molar-refractivity contribution in [3.05, 3.63) is 72.2 Å². The Morgan fingerprint density at radius 2 is 1.74 bits per heavy atom. The summed E-state index contributed by atoms with van der Waals surface area (Å²) >= 11 is 0. The van der Waals surface area contributed by atoms with Crippen LogP contribution in [0.4, 0.5) is 32.2 Å². The Bertz CT molecular complexity index is 1600. The van der Waals surface area contributed by atoms with Crippen molar-refractivity contribution in [3.8, 4) is 11.1 Å². The van der Waals surface area contributed by atoms with Crippen LogP contribution in [-0.4, -0.2) is 53.9 Å². The average molecular weight is 535 g/mol. The number of nitrogens with one attached hydrogen (secondary N) is 2. The van der Waals surface area contributed by atoms with Gasteiger partial charge < -0.3 is 15.4 Å². The number of aromatic nitrogens is 6. The lowest BCUT2D eigenvalue weighted by molar-refractivity contribution is -0.192. The number of hydrogen-bond acceptors (Lipinski definition) is 7. The van der Waals surface area contributed by atoms with Crippen LogP contribution in [0, 0.1) is 17.5 Å². The number of benzene rings is 2. The van der Waals surface area contributed by atoms with Crippen LogP contribution < -0.4 is 5.32 Å². The molecule has 3 aromatic heterocycles. The fourth-order valence-corrected chi connectivity index (χ4v) is 3.60. The van der Waals surface area contributed by atoms with Crippen molar-refractivity contribution in [3.63, 3.8) is 0 Å². The molecule has 196 valence electrons. The maximum absolute atomic E-state index is 14.7. The number of alkyl halides is 3. The third-order valence-electron chi connectivity index (χ3n) is 5.14. The largest absolute Gasteiger partial charge is 0.490 e. The number of halogens is 6. The standard InChI is InChI=1S/C21H14F3N7.C2HF3O2/c22-13-5-12(6-14(23)8-13)17-11(7-16(24)15-2-4-30-31-18(15)17)1-3-25-20-19-21(27-9-26-19)29-10-28-20;3-2(4,5)1(6)7/h2,4-10H,1,3H2,(H2,25,26,27,28,29);(H,6,7). The van der Waals surface area contributed by atoms with Crippen LogP contribution in [0.1, 0.15) is 5.56 Å². The van der Waals surface area contributed by atoms with E-state index < -0.39 is 29.6 Å². The van der Waals surface area contributed by atoms with E-state index in [1.54, 1.807) is 0 Å². The molecular weight excluding hydrogens is 520 g/mol. The lowest BCUT2D eigenvalue weighted by Gasteiger charge is -2.14. The molecule has 0 saturated heterocycles. The number of carbonyl (C=O) groups is 1. The van der Waals surface area contributed by atoms with Gasteiger partial charge >= 0.3 is 12.1 Å². The van der Waals surface area contributed by atoms with E-state index in [9.17, 15) is 26.3 Å². The molecule has 0 aliphatic heterocycles. The van der Waals surface area contributed by atoms with E-state index >= 15 is 0 Å². The van der Waals surface area contributed by atoms with Gasteiger partial charge in [0, 0.05) is 23.6 Å². The molecule has 0 bridgehead atoms. The first-order valence-electron chi connectivity index (χ1n) is 10.6. The fourth-order valence-electron chi connectivity index (χ4n) is 3.60. The molecule has 0 aliphatic rings. The maximum atomic E-state index is 14.7. The highest BCUT2D eigenvalue weighted by atomic mass is 19.4. The van der Waals surface area contributed by atoms with Crippen LogP contribution in [0.15, 0.2) is 49.2 Å². The second kappa shape index (κ2) is 10.7. The SMILES string of the molecule is Fc1cc(F)cc(-c2c(CCNc3ncnc4nc[nH]c34)cc(F)c3ccnnc23)c1.O=C(O)C(F)(F)F. The fraction of sp³-hybridized carbons (Fsp3) is 0.130. The molecule has 2 aromatic carbocycles. The van der Waals surface area contributed by atoms with Gasteiger partial charge in [-0.15, -0.1) is 5.10 Å². The summed E-state index contributed by atoms with van der Waals surface area (Å²) in [6, 6.07) is 6.01. The lowest BCUT2D eigenvalue weighted by atomic mass is 9.94. The Labute approximate surface area is 208 Å². The lowest BCUT2D eigenvalue weighted by Crippen LogP contribution is -2.21. The highest BCUT2D eigenvalue weighted by Gasteiger charge is 2.38. The molecule has 5 aromatic rings. The number of anilines is 1. The van der Waals surface area contributed by atoms with Gasteiger partial charge in [0.25, 0.3) is 0 Å². The molecule has 0 amide bonds. The molecule has 0 fully saturated rings. The number of imidazole rings is 1. The van der Waals surface area contributed by atoms with Gasteiger partial charge in [-0.2, -0.15) is 18.3 Å². The Balaban J connectivity index is 0.000000426. The van der Waals surface area contributed by atoms with Crippen molar-refractivity contribution < 1.29 is 36.2 Å². The molecule has 0 radical (unpaired) electrons. The van der Waals surface area contributed by atoms with Crippen LogP contribution in [0.2, 0.25) is 0 Å². The number of fused-ring (bicyclic) bond motifs is 2. The number of H-pyrrole nitrogens is 1. The summed E-state index contributed by atoms with van der Waals surface area (Å²) in [5.41, 5.74) is 2.61. The summed E-state index contributed by atoms with van der Waals surface area (Å²) in [6.07, 6.45) is -0.486. The third kappa shape index (κ3) is 5.77. The van der Waals surface area contributed by atoms with E-state index in [1.165, 1.54) is 43.1 Å². The first-order chi connectivity index (χ1) is 18.0. The van der Waals surface area contributed by atoms with Crippen molar-refractivity contribution in [2.45, 2.75) is 12.6 Å². The predicted octanol–water partition coefficient (Wildman–Crippen LogP) is 4.67. The number of rotatable bonds is 5. The zero-order valence-corrected chi connectivity index (χ0v) is 18.9. The summed E-state index contributed by atoms with van der Waals surface area (Å²) in [4.78, 5) is 24.2. The van der Waals surface area contributed by atoms with Crippen molar-refractivity contribution in [2.75, 3.05) is 11.9 Å². The topological polar surface area (TPSA) is 130 Å². The van der Waals surface area contributed by atoms with Crippen molar-refractivity contribution in [1.29, 1.82) is 0 Å². The van der Waals surface area contributed by atoms with Crippen LogP contribution in [0.5, 0.6) is 0 Å². The van der Waals surface area contributed by atoms with E-state index in [2.05, 4.69) is 35.5 Å². The summed E-state index contributed by atoms with van der Waals surface area (Å²) in [6.45, 7) is 0.362. The molecule has 15 heteroatoms. The number of aliphatic carboxylic acids is 1. The van der Waals surface area contributed by atoms with Gasteiger partial charge in [-0.25, -0.2) is 32.9 Å². The number of aromatic amines is 1. The number of nitrogens with zero attached hydrogens (tertiary/aromatic N) is 5. The van der Waals surface area contributed by atoms with Gasteiger partial charge in [-0.05, 0) is 41.8 Å². The second-order valence-electron chi connectivity index (χ2n) is 7.65. The molecular formula is C23H15F6N7O2. The zero-order chi connectivity index (χ0) is 27.4. The quantitative estimate of drug-likeness (QED) is 0.277. The number of carboxylic acid groups (broad SMARTS) is 1. The van der Waals surface area contributed by atoms with E-state index in [4.69, 9.17) is 9.90 Å². The molecule has 38 heavy (non-hydrogen) atoms. The summed E-state index contributed by atoms with van der Waals surface area (Å²) < 4.78 is 74.3. The van der Waals surface area contributed by atoms with E-state index in [-0.39, 0.29) is 16.5 Å². The Morgan fingerprint density at radius 1 is 1.03 bits per heavy atom. The first-order valence-corrected chi connectivity index (χ1v) is 10.6. The Hall–Kier alpha value is -4.82. The van der Waals surface area contributed by atoms with Crippen molar-refractivity contribution in [2.24, 2.45) is 0 Å². The predicted molar refractivity (Wildman–Crippen MR) is 122 cm³/mol. The van der Waals surface area contributed by atoms with Gasteiger partial charge in [0.2, 0.25) is 0 Å². The normalized spacial score (nSPS) is 11.3. The summed E-state index contributed by atoms with van der Waals surface area (Å²) in [7, 11) is 0. The van der Waals surface area contributed by atoms with Crippen molar-refractivity contribution >= 4 is 33.9 Å². The highest BCUT2D eigenvalue weighted by molar-refractivity contribution is 5.95. The molecule has 0 saturated carbocycles. The minimum absolute atomic E-state index is 0.223. The van der Waals surface area contributed by atoms with Crippen LogP contribution in [0.25, 0.3) is 33.2 Å². The molecule has 0 unspecified atom stereocenters. The highest BCUT2D eigenvalue weighted by Crippen LogP contribution is 2.33. The van der Waals surface area contributed by atoms with Crippen LogP contribution >= 0.6 is 0 Å². The minimum Gasteiger partial charge on any atom is -0.475 e. The monoisotopic (exact) mass is 535 g/mol. The molecule has 9 nitrogen and oxygen atoms in total. The van der Waals surface area contributed by atoms with Gasteiger partial charge in [0.05, 0.1) is 12.5 Å². The maximum Gasteiger partial charge on any atom is 0.490 e. The van der Waals surface area contributed by atoms with E-state index in [1.807, 2.05) is 0 Å². The molecule has 0 spiro atoms. The molecule has 5 rings (SSSR count). The molecule has 0 atom stereocenters. The first kappa shape index (κ1) is 26.2. The van der Waals surface area contributed by atoms with Gasteiger partial charge in [-0.3, -0.25) is 0 Å². The zero-order valence-electron chi connectivity index (χ0n) is 18.9. The Morgan fingerprint density at radius 3 is 2.42 bits per heavy atom. The molecule has 3 heterocycles. The second-order valence-corrected chi connectivity index (χ2v) is 7.65. The minimum atomic E-state index is -5.08. The third-order valence-corrected chi connectivity index (χ3v) is 5.14.